The van der Waals surface area contributed by atoms with Crippen molar-refractivity contribution in [2.75, 3.05) is 17.6 Å². The molecule has 23 heavy (non-hydrogen) atoms. The van der Waals surface area contributed by atoms with Gasteiger partial charge in [-0.05, 0) is 24.1 Å². The van der Waals surface area contributed by atoms with Gasteiger partial charge in [0.2, 0.25) is 10.0 Å². The Hall–Kier alpha value is -2.13. The summed E-state index contributed by atoms with van der Waals surface area (Å²) in [4.78, 5) is 22.7. The molecule has 3 N–H and O–H groups in total. The number of urea groups is 1. The fourth-order valence-electron chi connectivity index (χ4n) is 2.21. The number of carbonyl (C=O) groups excluding carboxylic acids is 2. The van der Waals surface area contributed by atoms with Crippen molar-refractivity contribution in [3.8, 4) is 0 Å². The van der Waals surface area contributed by atoms with Crippen LogP contribution in [-0.2, 0) is 19.6 Å². The van der Waals surface area contributed by atoms with E-state index in [2.05, 4.69) is 15.4 Å². The molecule has 8 nitrogen and oxygen atoms in total. The van der Waals surface area contributed by atoms with Crippen molar-refractivity contribution in [1.29, 1.82) is 0 Å². The Bertz CT molecular complexity index is 683. The predicted molar refractivity (Wildman–Crippen MR) is 84.4 cm³/mol. The molecule has 126 valence electrons. The Balaban J connectivity index is 2.05. The summed E-state index contributed by atoms with van der Waals surface area (Å²) in [7, 11) is -2.06. The number of sulfonamides is 1. The maximum atomic E-state index is 12.1. The van der Waals surface area contributed by atoms with Gasteiger partial charge in [0.1, 0.15) is 6.04 Å². The zero-order valence-electron chi connectivity index (χ0n) is 12.8. The molecule has 1 heterocycles. The molecule has 0 saturated carbocycles. The standard InChI is InChI=1S/C14H19N3O5S/c1-3-11(22-2)8-23(20,21)17-10-6-4-9(5-7-10)12-13(18)16-14(19)15-12/h4-7,11-12,17H,3,8H2,1-2H3,(H2,15,16,18,19). The van der Waals surface area contributed by atoms with Gasteiger partial charge < -0.3 is 10.1 Å². The van der Waals surface area contributed by atoms with E-state index < -0.39 is 28.0 Å². The van der Waals surface area contributed by atoms with E-state index >= 15 is 0 Å². The van der Waals surface area contributed by atoms with Crippen LogP contribution in [0.5, 0.6) is 0 Å². The normalized spacial score (nSPS) is 19.1. The number of imide groups is 1. The average molecular weight is 341 g/mol. The molecule has 0 aromatic heterocycles. The van der Waals surface area contributed by atoms with Crippen LogP contribution in [0.15, 0.2) is 24.3 Å². The molecule has 2 atom stereocenters. The summed E-state index contributed by atoms with van der Waals surface area (Å²) in [6.07, 6.45) is 0.219. The van der Waals surface area contributed by atoms with Gasteiger partial charge in [-0.2, -0.15) is 0 Å². The predicted octanol–water partition coefficient (Wildman–Crippen LogP) is 0.734. The zero-order chi connectivity index (χ0) is 17.0. The quantitative estimate of drug-likeness (QED) is 0.633. The molecule has 1 aromatic rings. The molecule has 2 rings (SSSR count). The van der Waals surface area contributed by atoms with E-state index in [9.17, 15) is 18.0 Å². The van der Waals surface area contributed by atoms with Gasteiger partial charge in [-0.1, -0.05) is 19.1 Å². The number of nitrogens with one attached hydrogen (secondary N) is 3. The Morgan fingerprint density at radius 1 is 1.26 bits per heavy atom. The zero-order valence-corrected chi connectivity index (χ0v) is 13.6. The van der Waals surface area contributed by atoms with Gasteiger partial charge in [-0.25, -0.2) is 13.2 Å². The Morgan fingerprint density at radius 3 is 2.39 bits per heavy atom. The molecular formula is C14H19N3O5S. The minimum absolute atomic E-state index is 0.136. The van der Waals surface area contributed by atoms with Crippen LogP contribution in [0.1, 0.15) is 24.9 Å². The van der Waals surface area contributed by atoms with Crippen LogP contribution >= 0.6 is 0 Å². The van der Waals surface area contributed by atoms with Gasteiger partial charge in [-0.3, -0.25) is 14.8 Å². The first kappa shape index (κ1) is 17.2. The van der Waals surface area contributed by atoms with Crippen molar-refractivity contribution >= 4 is 27.6 Å². The third-order valence-corrected chi connectivity index (χ3v) is 4.84. The van der Waals surface area contributed by atoms with Crippen molar-refractivity contribution in [2.24, 2.45) is 0 Å². The van der Waals surface area contributed by atoms with Crippen LogP contribution in [-0.4, -0.2) is 39.3 Å². The molecule has 1 saturated heterocycles. The summed E-state index contributed by atoms with van der Waals surface area (Å²) >= 11 is 0. The number of rotatable bonds is 7. The highest BCUT2D eigenvalue weighted by Crippen LogP contribution is 2.20. The summed E-state index contributed by atoms with van der Waals surface area (Å²) < 4.78 is 31.6. The van der Waals surface area contributed by atoms with E-state index in [0.717, 1.165) is 0 Å². The van der Waals surface area contributed by atoms with Crippen LogP contribution in [0.3, 0.4) is 0 Å². The van der Waals surface area contributed by atoms with Crippen molar-refractivity contribution < 1.29 is 22.7 Å². The number of carbonyl (C=O) groups is 2. The molecule has 1 aromatic carbocycles. The number of hydrogen-bond donors (Lipinski definition) is 3. The molecule has 0 aliphatic carbocycles. The molecule has 2 unspecified atom stereocenters. The lowest BCUT2D eigenvalue weighted by atomic mass is 10.1. The third-order valence-electron chi connectivity index (χ3n) is 3.49. The molecule has 0 radical (unpaired) electrons. The SMILES string of the molecule is CCC(CS(=O)(=O)Nc1ccc(C2NC(=O)NC2=O)cc1)OC. The second kappa shape index (κ2) is 6.97. The van der Waals surface area contributed by atoms with Crippen molar-refractivity contribution in [3.05, 3.63) is 29.8 Å². The molecular weight excluding hydrogens is 322 g/mol. The van der Waals surface area contributed by atoms with Gasteiger partial charge in [0, 0.05) is 12.8 Å². The first-order chi connectivity index (χ1) is 10.8. The molecule has 0 spiro atoms. The number of benzene rings is 1. The molecule has 3 amide bonds. The highest BCUT2D eigenvalue weighted by atomic mass is 32.2. The van der Waals surface area contributed by atoms with Crippen LogP contribution < -0.4 is 15.4 Å². The second-order valence-electron chi connectivity index (χ2n) is 5.17. The van der Waals surface area contributed by atoms with Crippen molar-refractivity contribution in [1.82, 2.24) is 10.6 Å². The first-order valence-corrected chi connectivity index (χ1v) is 8.74. The molecule has 0 bridgehead atoms. The maximum Gasteiger partial charge on any atom is 0.322 e. The fourth-order valence-corrected chi connectivity index (χ4v) is 3.65. The summed E-state index contributed by atoms with van der Waals surface area (Å²) in [5, 5.41) is 4.61. The van der Waals surface area contributed by atoms with Gasteiger partial charge in [0.05, 0.1) is 11.9 Å². The number of amides is 3. The van der Waals surface area contributed by atoms with E-state index in [1.165, 1.54) is 7.11 Å². The van der Waals surface area contributed by atoms with Crippen LogP contribution in [0.25, 0.3) is 0 Å². The molecule has 9 heteroatoms. The largest absolute Gasteiger partial charge is 0.380 e. The summed E-state index contributed by atoms with van der Waals surface area (Å²) in [5.41, 5.74) is 0.948. The number of ether oxygens (including phenoxy) is 1. The highest BCUT2D eigenvalue weighted by Gasteiger charge is 2.30. The summed E-state index contributed by atoms with van der Waals surface area (Å²) in [6, 6.07) is 4.94. The minimum atomic E-state index is -3.53. The Kier molecular flexibility index (Phi) is 5.22. The van der Waals surface area contributed by atoms with Crippen LogP contribution in [0, 0.1) is 0 Å². The van der Waals surface area contributed by atoms with Gasteiger partial charge in [0.15, 0.2) is 0 Å². The lowest BCUT2D eigenvalue weighted by molar-refractivity contribution is -0.120. The average Bonchev–Trinajstić information content (AvgIpc) is 2.84. The number of anilines is 1. The summed E-state index contributed by atoms with van der Waals surface area (Å²) in [6.45, 7) is 1.85. The highest BCUT2D eigenvalue weighted by molar-refractivity contribution is 7.92. The van der Waals surface area contributed by atoms with Crippen LogP contribution in [0.4, 0.5) is 10.5 Å². The summed E-state index contributed by atoms with van der Waals surface area (Å²) in [5.74, 6) is -0.572. The topological polar surface area (TPSA) is 114 Å². The lowest BCUT2D eigenvalue weighted by Crippen LogP contribution is -2.27. The van der Waals surface area contributed by atoms with E-state index in [0.29, 0.717) is 17.7 Å². The Morgan fingerprint density at radius 2 is 1.91 bits per heavy atom. The van der Waals surface area contributed by atoms with Gasteiger partial charge >= 0.3 is 6.03 Å². The monoisotopic (exact) mass is 341 g/mol. The third kappa shape index (κ3) is 4.42. The fraction of sp³-hybridized carbons (Fsp3) is 0.429. The molecule has 1 aliphatic rings. The van der Waals surface area contributed by atoms with E-state index in [-0.39, 0.29) is 11.9 Å². The van der Waals surface area contributed by atoms with Gasteiger partial charge in [0.25, 0.3) is 5.91 Å². The second-order valence-corrected chi connectivity index (χ2v) is 6.93. The van der Waals surface area contributed by atoms with E-state index in [4.69, 9.17) is 4.74 Å². The minimum Gasteiger partial charge on any atom is -0.380 e. The number of hydrogen-bond acceptors (Lipinski definition) is 5. The van der Waals surface area contributed by atoms with E-state index in [1.807, 2.05) is 6.92 Å². The maximum absolute atomic E-state index is 12.1. The number of methoxy groups -OCH3 is 1. The Labute approximate surface area is 134 Å². The molecule has 1 fully saturated rings. The van der Waals surface area contributed by atoms with Gasteiger partial charge in [-0.15, -0.1) is 0 Å². The first-order valence-electron chi connectivity index (χ1n) is 7.09. The molecule has 1 aliphatic heterocycles. The smallest absolute Gasteiger partial charge is 0.322 e. The van der Waals surface area contributed by atoms with Crippen molar-refractivity contribution in [2.45, 2.75) is 25.5 Å². The van der Waals surface area contributed by atoms with Crippen LogP contribution in [0.2, 0.25) is 0 Å². The van der Waals surface area contributed by atoms with Crippen molar-refractivity contribution in [3.63, 3.8) is 0 Å². The van der Waals surface area contributed by atoms with E-state index in [1.54, 1.807) is 24.3 Å². The lowest BCUT2D eigenvalue weighted by Gasteiger charge is -2.15.